The lowest BCUT2D eigenvalue weighted by Gasteiger charge is -2.12. The van der Waals surface area contributed by atoms with Gasteiger partial charge in [0.15, 0.2) is 15.8 Å². The van der Waals surface area contributed by atoms with Crippen molar-refractivity contribution in [1.29, 1.82) is 0 Å². The van der Waals surface area contributed by atoms with Crippen LogP contribution < -0.4 is 10.6 Å². The van der Waals surface area contributed by atoms with Gasteiger partial charge < -0.3 is 10.6 Å². The fourth-order valence-corrected chi connectivity index (χ4v) is 4.11. The highest BCUT2D eigenvalue weighted by Crippen LogP contribution is 2.15. The summed E-state index contributed by atoms with van der Waals surface area (Å²) in [5.41, 5.74) is 1.13. The molecule has 0 atom stereocenters. The highest BCUT2D eigenvalue weighted by Gasteiger charge is 2.11. The smallest absolute Gasteiger partial charge is 0.191 e. The first-order valence-corrected chi connectivity index (χ1v) is 11.5. The molecule has 2 N–H and O–H groups in total. The van der Waals surface area contributed by atoms with Gasteiger partial charge in [0.1, 0.15) is 5.82 Å². The third-order valence-electron chi connectivity index (χ3n) is 3.64. The molecule has 0 radical (unpaired) electrons. The SMILES string of the molecule is CCNC(=NCc1cc(F)ccc1CS(C)(=O)=O)NCCc1ncc(C)s1. The summed E-state index contributed by atoms with van der Waals surface area (Å²) < 4.78 is 36.8. The maximum atomic E-state index is 13.6. The van der Waals surface area contributed by atoms with Gasteiger partial charge >= 0.3 is 0 Å². The van der Waals surface area contributed by atoms with Crippen molar-refractivity contribution in [3.8, 4) is 0 Å². The van der Waals surface area contributed by atoms with E-state index in [2.05, 4.69) is 20.6 Å². The lowest BCUT2D eigenvalue weighted by molar-refractivity contribution is 0.600. The van der Waals surface area contributed by atoms with E-state index in [0.717, 1.165) is 17.7 Å². The van der Waals surface area contributed by atoms with Gasteiger partial charge in [0.25, 0.3) is 0 Å². The van der Waals surface area contributed by atoms with Crippen LogP contribution in [0.5, 0.6) is 0 Å². The second-order valence-corrected chi connectivity index (χ2v) is 9.68. The van der Waals surface area contributed by atoms with E-state index in [9.17, 15) is 12.8 Å². The van der Waals surface area contributed by atoms with Crippen LogP contribution in [0.15, 0.2) is 29.4 Å². The van der Waals surface area contributed by atoms with E-state index >= 15 is 0 Å². The molecule has 1 heterocycles. The quantitative estimate of drug-likeness (QED) is 0.514. The van der Waals surface area contributed by atoms with Crippen LogP contribution in [0.25, 0.3) is 0 Å². The number of sulfone groups is 1. The normalized spacial score (nSPS) is 12.2. The summed E-state index contributed by atoms with van der Waals surface area (Å²) in [6.07, 6.45) is 3.80. The number of aliphatic imine (C=N–C) groups is 1. The van der Waals surface area contributed by atoms with Gasteiger partial charge in [-0.15, -0.1) is 11.3 Å². The van der Waals surface area contributed by atoms with Crippen LogP contribution in [0, 0.1) is 12.7 Å². The number of benzene rings is 1. The predicted octanol–water partition coefficient (Wildman–Crippen LogP) is 2.43. The van der Waals surface area contributed by atoms with Crippen molar-refractivity contribution >= 4 is 27.1 Å². The lowest BCUT2D eigenvalue weighted by atomic mass is 10.1. The summed E-state index contributed by atoms with van der Waals surface area (Å²) in [6.45, 7) is 5.51. The topological polar surface area (TPSA) is 83.5 Å². The molecular weight excluding hydrogens is 387 g/mol. The highest BCUT2D eigenvalue weighted by molar-refractivity contribution is 7.89. The zero-order valence-corrected chi connectivity index (χ0v) is 17.4. The minimum atomic E-state index is -3.21. The Morgan fingerprint density at radius 3 is 2.70 bits per heavy atom. The molecule has 0 saturated heterocycles. The van der Waals surface area contributed by atoms with E-state index in [1.165, 1.54) is 23.1 Å². The van der Waals surface area contributed by atoms with Crippen LogP contribution >= 0.6 is 11.3 Å². The monoisotopic (exact) mass is 412 g/mol. The van der Waals surface area contributed by atoms with Crippen molar-refractivity contribution < 1.29 is 12.8 Å². The molecule has 2 rings (SSSR count). The third-order valence-corrected chi connectivity index (χ3v) is 5.45. The van der Waals surface area contributed by atoms with Gasteiger partial charge in [0.05, 0.1) is 17.3 Å². The van der Waals surface area contributed by atoms with Crippen LogP contribution in [-0.2, 0) is 28.6 Å². The number of thiazole rings is 1. The number of halogens is 1. The molecule has 9 heteroatoms. The summed E-state index contributed by atoms with van der Waals surface area (Å²) >= 11 is 1.66. The lowest BCUT2D eigenvalue weighted by Crippen LogP contribution is -2.38. The van der Waals surface area contributed by atoms with Gasteiger partial charge in [-0.25, -0.2) is 22.8 Å². The molecule has 148 valence electrons. The van der Waals surface area contributed by atoms with Crippen molar-refractivity contribution in [2.24, 2.45) is 4.99 Å². The number of aryl methyl sites for hydroxylation is 1. The Labute approximate surface area is 163 Å². The first-order valence-electron chi connectivity index (χ1n) is 8.65. The maximum absolute atomic E-state index is 13.6. The second-order valence-electron chi connectivity index (χ2n) is 6.22. The molecule has 0 amide bonds. The van der Waals surface area contributed by atoms with E-state index in [1.54, 1.807) is 11.3 Å². The van der Waals surface area contributed by atoms with Gasteiger partial charge in [-0.3, -0.25) is 0 Å². The molecule has 0 saturated carbocycles. The van der Waals surface area contributed by atoms with Gasteiger partial charge in [-0.1, -0.05) is 6.07 Å². The van der Waals surface area contributed by atoms with Crippen molar-refractivity contribution in [3.05, 3.63) is 51.2 Å². The van der Waals surface area contributed by atoms with E-state index in [1.807, 2.05) is 20.0 Å². The van der Waals surface area contributed by atoms with Crippen LogP contribution in [0.3, 0.4) is 0 Å². The number of rotatable bonds is 8. The molecular formula is C18H25FN4O2S2. The first-order chi connectivity index (χ1) is 12.8. The number of hydrogen-bond donors (Lipinski definition) is 2. The Hall–Kier alpha value is -2.00. The summed E-state index contributed by atoms with van der Waals surface area (Å²) in [5, 5.41) is 7.41. The Morgan fingerprint density at radius 1 is 1.30 bits per heavy atom. The van der Waals surface area contributed by atoms with Gasteiger partial charge in [-0.05, 0) is 37.1 Å². The number of nitrogens with zero attached hydrogens (tertiary/aromatic N) is 2. The molecule has 0 bridgehead atoms. The summed E-state index contributed by atoms with van der Waals surface area (Å²) in [6, 6.07) is 4.12. The second kappa shape index (κ2) is 9.80. The number of nitrogens with one attached hydrogen (secondary N) is 2. The summed E-state index contributed by atoms with van der Waals surface area (Å²) in [5.74, 6) is 0.0563. The van der Waals surface area contributed by atoms with E-state index in [4.69, 9.17) is 0 Å². The van der Waals surface area contributed by atoms with Crippen molar-refractivity contribution in [2.45, 2.75) is 32.6 Å². The summed E-state index contributed by atoms with van der Waals surface area (Å²) in [4.78, 5) is 9.97. The molecule has 0 spiro atoms. The van der Waals surface area contributed by atoms with E-state index in [0.29, 0.717) is 30.2 Å². The van der Waals surface area contributed by atoms with Crippen molar-refractivity contribution in [1.82, 2.24) is 15.6 Å². The van der Waals surface area contributed by atoms with Crippen molar-refractivity contribution in [3.63, 3.8) is 0 Å². The molecule has 1 aromatic carbocycles. The number of guanidine groups is 1. The minimum Gasteiger partial charge on any atom is -0.357 e. The molecule has 27 heavy (non-hydrogen) atoms. The standard InChI is InChI=1S/C18H25FN4O2S2/c1-4-20-18(21-8-7-17-22-10-13(2)26-17)23-11-15-9-16(19)6-5-14(15)12-27(3,24)25/h5-6,9-10H,4,7-8,11-12H2,1-3H3,(H2,20,21,23). The molecule has 6 nitrogen and oxygen atoms in total. The zero-order valence-electron chi connectivity index (χ0n) is 15.8. The largest absolute Gasteiger partial charge is 0.357 e. The molecule has 1 aromatic heterocycles. The fourth-order valence-electron chi connectivity index (χ4n) is 2.48. The Bertz CT molecular complexity index is 895. The summed E-state index contributed by atoms with van der Waals surface area (Å²) in [7, 11) is -3.21. The fraction of sp³-hybridized carbons (Fsp3) is 0.444. The Balaban J connectivity index is 2.05. The van der Waals surface area contributed by atoms with E-state index in [-0.39, 0.29) is 12.3 Å². The molecule has 0 aliphatic rings. The molecule has 0 aliphatic heterocycles. The maximum Gasteiger partial charge on any atom is 0.191 e. The van der Waals surface area contributed by atoms with Gasteiger partial charge in [0, 0.05) is 36.8 Å². The van der Waals surface area contributed by atoms with Crippen LogP contribution in [0.4, 0.5) is 4.39 Å². The molecule has 0 fully saturated rings. The van der Waals surface area contributed by atoms with Crippen LogP contribution in [0.2, 0.25) is 0 Å². The van der Waals surface area contributed by atoms with E-state index < -0.39 is 15.7 Å². The molecule has 2 aromatic rings. The van der Waals surface area contributed by atoms with Crippen LogP contribution in [0.1, 0.15) is 27.9 Å². The number of aromatic nitrogens is 1. The zero-order chi connectivity index (χ0) is 19.9. The highest BCUT2D eigenvalue weighted by atomic mass is 32.2. The first kappa shape index (κ1) is 21.3. The Morgan fingerprint density at radius 2 is 2.07 bits per heavy atom. The average molecular weight is 413 g/mol. The predicted molar refractivity (Wildman–Crippen MR) is 108 cm³/mol. The van der Waals surface area contributed by atoms with Crippen molar-refractivity contribution in [2.75, 3.05) is 19.3 Å². The third kappa shape index (κ3) is 7.64. The molecule has 0 aliphatic carbocycles. The van der Waals surface area contributed by atoms with Gasteiger partial charge in [-0.2, -0.15) is 0 Å². The molecule has 0 unspecified atom stereocenters. The van der Waals surface area contributed by atoms with Crippen LogP contribution in [-0.4, -0.2) is 38.7 Å². The van der Waals surface area contributed by atoms with Gasteiger partial charge in [0.2, 0.25) is 0 Å². The minimum absolute atomic E-state index is 0.133. The Kier molecular flexibility index (Phi) is 7.73. The number of hydrogen-bond acceptors (Lipinski definition) is 5. The average Bonchev–Trinajstić information content (AvgIpc) is 2.99.